The van der Waals surface area contributed by atoms with Crippen LogP contribution in [0.3, 0.4) is 0 Å². The van der Waals surface area contributed by atoms with Crippen LogP contribution < -0.4 is 5.32 Å². The minimum Gasteiger partial charge on any atom is -0.444 e. The Labute approximate surface area is 269 Å². The molecule has 2 aliphatic rings. The van der Waals surface area contributed by atoms with E-state index in [4.69, 9.17) is 9.16 Å². The molecule has 0 aliphatic carbocycles. The highest BCUT2D eigenvalue weighted by Crippen LogP contribution is 2.44. The van der Waals surface area contributed by atoms with Gasteiger partial charge < -0.3 is 14.5 Å². The number of aryl methyl sites for hydroxylation is 1. The van der Waals surface area contributed by atoms with Crippen LogP contribution in [0.2, 0.25) is 18.1 Å². The molecule has 0 saturated carbocycles. The Bertz CT molecular complexity index is 1470. The van der Waals surface area contributed by atoms with Crippen LogP contribution in [-0.4, -0.2) is 52.7 Å². The first-order valence-electron chi connectivity index (χ1n) is 16.3. The fourth-order valence-electron chi connectivity index (χ4n) is 6.21. The van der Waals surface area contributed by atoms with E-state index in [1.807, 2.05) is 78.9 Å². The third-order valence-corrected chi connectivity index (χ3v) is 14.0. The maximum atomic E-state index is 13.9. The second kappa shape index (κ2) is 12.8. The molecule has 9 heteroatoms. The molecule has 0 spiro atoms. The largest absolute Gasteiger partial charge is 0.444 e. The number of benzene rings is 2. The Hall–Kier alpha value is -3.43. The summed E-state index contributed by atoms with van der Waals surface area (Å²) < 4.78 is 15.0. The van der Waals surface area contributed by atoms with Crippen molar-refractivity contribution in [3.63, 3.8) is 0 Å². The van der Waals surface area contributed by atoms with Crippen molar-refractivity contribution in [3.8, 4) is 0 Å². The molecular weight excluding hydrogens is 581 g/mol. The lowest BCUT2D eigenvalue weighted by atomic mass is 10.0. The Morgan fingerprint density at radius 3 is 2.29 bits per heavy atom. The maximum absolute atomic E-state index is 13.9. The second-order valence-corrected chi connectivity index (χ2v) is 19.9. The molecule has 1 N–H and O–H groups in total. The first-order valence-corrected chi connectivity index (χ1v) is 19.2. The lowest BCUT2D eigenvalue weighted by molar-refractivity contribution is -0.119. The fourth-order valence-corrected chi connectivity index (χ4v) is 7.49. The molecule has 0 unspecified atom stereocenters. The summed E-state index contributed by atoms with van der Waals surface area (Å²) in [6.07, 6.45) is 5.17. The molecule has 1 saturated heterocycles. The highest BCUT2D eigenvalue weighted by atomic mass is 28.4. The summed E-state index contributed by atoms with van der Waals surface area (Å²) >= 11 is 0. The number of carbonyl (C=O) groups excluding carboxylic acids is 2. The first kappa shape index (κ1) is 32.9. The van der Waals surface area contributed by atoms with Crippen LogP contribution in [-0.2, 0) is 26.8 Å². The standard InChI is InChI=1S/C36H50N4O4Si/c1-35(2,3)43-34(42)39-29(19-20-30(39)32(26-12-10-9-11-13-26)44-45(7,8)36(4,5)6)24-25-14-16-27(17-15-25)38-33(41)31-21-18-28-22-23-37-40(28)31/h9-17,22-23,29-32H,18-21,24H2,1-8H3,(H,38,41)/t29-,30+,31-,32+/m0/s1. The number of hydrogen-bond acceptors (Lipinski definition) is 5. The Kier molecular flexibility index (Phi) is 9.34. The van der Waals surface area contributed by atoms with Gasteiger partial charge in [-0.2, -0.15) is 5.10 Å². The number of nitrogens with zero attached hydrogens (tertiary/aromatic N) is 3. The van der Waals surface area contributed by atoms with Gasteiger partial charge in [-0.1, -0.05) is 63.2 Å². The Balaban J connectivity index is 1.36. The predicted molar refractivity (Wildman–Crippen MR) is 181 cm³/mol. The van der Waals surface area contributed by atoms with Crippen LogP contribution in [0.1, 0.15) is 89.8 Å². The molecule has 5 rings (SSSR count). The zero-order chi connectivity index (χ0) is 32.6. The minimum atomic E-state index is -2.19. The van der Waals surface area contributed by atoms with E-state index in [9.17, 15) is 9.59 Å². The van der Waals surface area contributed by atoms with E-state index in [2.05, 4.69) is 56.4 Å². The van der Waals surface area contributed by atoms with Crippen molar-refractivity contribution in [2.45, 2.75) is 122 Å². The normalized spacial score (nSPS) is 21.0. The smallest absolute Gasteiger partial charge is 0.410 e. The number of nitrogens with one attached hydrogen (secondary N) is 1. The lowest BCUT2D eigenvalue weighted by Gasteiger charge is -2.43. The van der Waals surface area contributed by atoms with Crippen LogP contribution in [0.4, 0.5) is 10.5 Å². The summed E-state index contributed by atoms with van der Waals surface area (Å²) in [6, 6.07) is 19.8. The van der Waals surface area contributed by atoms with Crippen LogP contribution in [0.5, 0.6) is 0 Å². The van der Waals surface area contributed by atoms with E-state index in [1.165, 1.54) is 0 Å². The zero-order valence-corrected chi connectivity index (χ0v) is 29.2. The first-order chi connectivity index (χ1) is 21.1. The number of likely N-dealkylation sites (tertiary alicyclic amines) is 1. The summed E-state index contributed by atoms with van der Waals surface area (Å²) in [6.45, 7) is 17.0. The molecule has 3 heterocycles. The Morgan fingerprint density at radius 1 is 0.956 bits per heavy atom. The lowest BCUT2D eigenvalue weighted by Crippen LogP contribution is -2.50. The van der Waals surface area contributed by atoms with Crippen LogP contribution >= 0.6 is 0 Å². The van der Waals surface area contributed by atoms with Gasteiger partial charge in [-0.3, -0.25) is 14.4 Å². The van der Waals surface area contributed by atoms with Crippen molar-refractivity contribution < 1.29 is 18.8 Å². The van der Waals surface area contributed by atoms with Gasteiger partial charge in [-0.05, 0) is 100 Å². The van der Waals surface area contributed by atoms with E-state index >= 15 is 0 Å². The molecule has 45 heavy (non-hydrogen) atoms. The molecule has 242 valence electrons. The van der Waals surface area contributed by atoms with E-state index in [1.54, 1.807) is 6.20 Å². The van der Waals surface area contributed by atoms with E-state index in [-0.39, 0.29) is 41.3 Å². The molecule has 1 fully saturated rings. The van der Waals surface area contributed by atoms with Gasteiger partial charge in [-0.25, -0.2) is 4.79 Å². The molecule has 2 amide bonds. The monoisotopic (exact) mass is 630 g/mol. The molecule has 1 aromatic heterocycles. The van der Waals surface area contributed by atoms with Crippen molar-refractivity contribution in [1.82, 2.24) is 14.7 Å². The molecule has 2 aliphatic heterocycles. The summed E-state index contributed by atoms with van der Waals surface area (Å²) in [5.74, 6) is -0.0476. The topological polar surface area (TPSA) is 85.7 Å². The summed E-state index contributed by atoms with van der Waals surface area (Å²) in [4.78, 5) is 28.9. The van der Waals surface area contributed by atoms with Crippen molar-refractivity contribution in [3.05, 3.63) is 83.7 Å². The van der Waals surface area contributed by atoms with Crippen molar-refractivity contribution in [2.75, 3.05) is 5.32 Å². The van der Waals surface area contributed by atoms with Crippen LogP contribution in [0, 0.1) is 0 Å². The highest BCUT2D eigenvalue weighted by molar-refractivity contribution is 6.74. The minimum absolute atomic E-state index is 0.0182. The number of fused-ring (bicyclic) bond motifs is 1. The van der Waals surface area contributed by atoms with Gasteiger partial charge >= 0.3 is 6.09 Å². The quantitative estimate of drug-likeness (QED) is 0.254. The van der Waals surface area contributed by atoms with E-state index in [0.717, 1.165) is 48.2 Å². The highest BCUT2D eigenvalue weighted by Gasteiger charge is 2.47. The third-order valence-electron chi connectivity index (χ3n) is 9.57. The number of anilines is 1. The number of amides is 2. The fraction of sp³-hybridized carbons (Fsp3) is 0.528. The summed E-state index contributed by atoms with van der Waals surface area (Å²) in [7, 11) is -2.19. The molecule has 8 nitrogen and oxygen atoms in total. The van der Waals surface area contributed by atoms with Gasteiger partial charge in [0.2, 0.25) is 5.91 Å². The van der Waals surface area contributed by atoms with E-state index in [0.29, 0.717) is 6.42 Å². The molecule has 3 aromatic rings. The molecule has 0 bridgehead atoms. The van der Waals surface area contributed by atoms with Gasteiger partial charge in [0.05, 0.1) is 12.1 Å². The average molecular weight is 631 g/mol. The number of hydrogen-bond donors (Lipinski definition) is 1. The maximum Gasteiger partial charge on any atom is 0.410 e. The summed E-state index contributed by atoms with van der Waals surface area (Å²) in [5.41, 5.74) is 3.42. The van der Waals surface area contributed by atoms with Gasteiger partial charge in [0.25, 0.3) is 0 Å². The number of carbonyl (C=O) groups is 2. The predicted octanol–water partition coefficient (Wildman–Crippen LogP) is 8.08. The molecule has 2 aromatic carbocycles. The molecule has 4 atom stereocenters. The van der Waals surface area contributed by atoms with E-state index < -0.39 is 13.9 Å². The van der Waals surface area contributed by atoms with Gasteiger partial charge in [-0.15, -0.1) is 0 Å². The van der Waals surface area contributed by atoms with Crippen molar-refractivity contribution in [2.24, 2.45) is 0 Å². The van der Waals surface area contributed by atoms with Gasteiger partial charge in [0.15, 0.2) is 8.32 Å². The van der Waals surface area contributed by atoms with Gasteiger partial charge in [0, 0.05) is 23.6 Å². The Morgan fingerprint density at radius 2 is 1.64 bits per heavy atom. The average Bonchev–Trinajstić information content (AvgIpc) is 3.68. The van der Waals surface area contributed by atoms with Crippen LogP contribution in [0.25, 0.3) is 0 Å². The summed E-state index contributed by atoms with van der Waals surface area (Å²) in [5, 5.41) is 7.41. The zero-order valence-electron chi connectivity index (χ0n) is 28.2. The second-order valence-electron chi connectivity index (χ2n) is 15.1. The van der Waals surface area contributed by atoms with Gasteiger partial charge in [0.1, 0.15) is 11.6 Å². The number of ether oxygens (including phenoxy) is 1. The molecule has 0 radical (unpaired) electrons. The molecular formula is C36H50N4O4Si. The number of aromatic nitrogens is 2. The van der Waals surface area contributed by atoms with Crippen molar-refractivity contribution in [1.29, 1.82) is 0 Å². The third kappa shape index (κ3) is 7.52. The van der Waals surface area contributed by atoms with Crippen LogP contribution in [0.15, 0.2) is 66.9 Å². The SMILES string of the molecule is CC(C)(C)OC(=O)N1[C@H](Cc2ccc(NC(=O)[C@@H]3CCc4ccnn43)cc2)CC[C@@H]1[C@H](O[Si](C)(C)C(C)(C)C)c1ccccc1. The van der Waals surface area contributed by atoms with Crippen molar-refractivity contribution >= 4 is 26.0 Å². The number of rotatable bonds is 8.